The Bertz CT molecular complexity index is 908. The lowest BCUT2D eigenvalue weighted by Gasteiger charge is -2.34. The first kappa shape index (κ1) is 19.4. The Kier molecular flexibility index (Phi) is 6.39. The lowest BCUT2D eigenvalue weighted by Crippen LogP contribution is -3.13. The SMILES string of the molecule is S=C(Nc1ccc(Oc2ccccc2)cc1)N1CC[NH+](Cc2ccccc2)CC1. The van der Waals surface area contributed by atoms with Crippen LogP contribution in [0.4, 0.5) is 5.69 Å². The Morgan fingerprint density at radius 3 is 2.07 bits per heavy atom. The quantitative estimate of drug-likeness (QED) is 0.636. The third kappa shape index (κ3) is 5.56. The van der Waals surface area contributed by atoms with Crippen molar-refractivity contribution in [3.05, 3.63) is 90.5 Å². The van der Waals surface area contributed by atoms with Crippen LogP contribution in [0.1, 0.15) is 5.56 Å². The van der Waals surface area contributed by atoms with Crippen molar-refractivity contribution in [1.82, 2.24) is 4.90 Å². The topological polar surface area (TPSA) is 28.9 Å². The molecule has 0 saturated carbocycles. The molecule has 5 heteroatoms. The van der Waals surface area contributed by atoms with E-state index in [0.717, 1.165) is 55.0 Å². The Labute approximate surface area is 177 Å². The van der Waals surface area contributed by atoms with E-state index in [1.807, 2.05) is 54.6 Å². The molecule has 3 aromatic rings. The van der Waals surface area contributed by atoms with Crippen LogP contribution in [0.2, 0.25) is 0 Å². The first-order chi connectivity index (χ1) is 14.3. The van der Waals surface area contributed by atoms with E-state index in [0.29, 0.717) is 0 Å². The summed E-state index contributed by atoms with van der Waals surface area (Å²) in [5.41, 5.74) is 2.38. The fraction of sp³-hybridized carbons (Fsp3) is 0.208. The van der Waals surface area contributed by atoms with Crippen LogP contribution in [0.3, 0.4) is 0 Å². The molecule has 3 aromatic carbocycles. The van der Waals surface area contributed by atoms with Gasteiger partial charge in [-0.25, -0.2) is 0 Å². The highest BCUT2D eigenvalue weighted by atomic mass is 32.1. The van der Waals surface area contributed by atoms with Gasteiger partial charge in [-0.15, -0.1) is 0 Å². The van der Waals surface area contributed by atoms with Crippen molar-refractivity contribution >= 4 is 23.0 Å². The molecule has 0 aliphatic carbocycles. The van der Waals surface area contributed by atoms with E-state index in [1.165, 1.54) is 5.56 Å². The number of nitrogens with one attached hydrogen (secondary N) is 2. The molecule has 0 atom stereocenters. The number of hydrogen-bond acceptors (Lipinski definition) is 2. The molecule has 1 heterocycles. The van der Waals surface area contributed by atoms with Crippen LogP contribution >= 0.6 is 12.2 Å². The van der Waals surface area contributed by atoms with Crippen molar-refractivity contribution in [2.75, 3.05) is 31.5 Å². The Hall–Kier alpha value is -2.89. The maximum atomic E-state index is 5.84. The van der Waals surface area contributed by atoms with Crippen LogP contribution in [0.25, 0.3) is 0 Å². The molecule has 148 valence electrons. The molecule has 0 spiro atoms. The van der Waals surface area contributed by atoms with Crippen LogP contribution in [0, 0.1) is 0 Å². The molecule has 29 heavy (non-hydrogen) atoms. The first-order valence-electron chi connectivity index (χ1n) is 10.0. The molecule has 4 nitrogen and oxygen atoms in total. The summed E-state index contributed by atoms with van der Waals surface area (Å²) in [4.78, 5) is 3.87. The number of anilines is 1. The largest absolute Gasteiger partial charge is 0.457 e. The zero-order chi connectivity index (χ0) is 19.9. The summed E-state index contributed by atoms with van der Waals surface area (Å²) in [6.45, 7) is 5.23. The molecule has 0 amide bonds. The van der Waals surface area contributed by atoms with Gasteiger partial charge in [-0.05, 0) is 48.6 Å². The summed E-state index contributed by atoms with van der Waals surface area (Å²) in [5.74, 6) is 1.64. The lowest BCUT2D eigenvalue weighted by atomic mass is 10.2. The minimum absolute atomic E-state index is 0.792. The van der Waals surface area contributed by atoms with Gasteiger partial charge in [0.25, 0.3) is 0 Å². The van der Waals surface area contributed by atoms with E-state index >= 15 is 0 Å². The third-order valence-corrected chi connectivity index (χ3v) is 5.50. The second-order valence-electron chi connectivity index (χ2n) is 7.27. The Morgan fingerprint density at radius 2 is 1.41 bits per heavy atom. The maximum absolute atomic E-state index is 5.84. The summed E-state index contributed by atoms with van der Waals surface area (Å²) in [6.07, 6.45) is 0. The molecule has 0 bridgehead atoms. The van der Waals surface area contributed by atoms with Gasteiger partial charge in [0.2, 0.25) is 0 Å². The molecule has 1 aliphatic rings. The van der Waals surface area contributed by atoms with E-state index in [9.17, 15) is 0 Å². The van der Waals surface area contributed by atoms with Crippen molar-refractivity contribution in [3.8, 4) is 11.5 Å². The van der Waals surface area contributed by atoms with Crippen LogP contribution in [-0.2, 0) is 6.54 Å². The summed E-state index contributed by atoms with van der Waals surface area (Å²) in [6, 6.07) is 28.4. The number of ether oxygens (including phenoxy) is 1. The van der Waals surface area contributed by atoms with Crippen molar-refractivity contribution in [3.63, 3.8) is 0 Å². The summed E-state index contributed by atoms with van der Waals surface area (Å²) >= 11 is 5.64. The average molecular weight is 405 g/mol. The Morgan fingerprint density at radius 1 is 0.828 bits per heavy atom. The predicted octanol–water partition coefficient (Wildman–Crippen LogP) is 3.58. The van der Waals surface area contributed by atoms with Crippen LogP contribution in [0.5, 0.6) is 11.5 Å². The number of piperazine rings is 1. The van der Waals surface area contributed by atoms with Gasteiger partial charge in [0.15, 0.2) is 5.11 Å². The number of nitrogens with zero attached hydrogens (tertiary/aromatic N) is 1. The molecule has 0 aromatic heterocycles. The molecule has 2 N–H and O–H groups in total. The fourth-order valence-electron chi connectivity index (χ4n) is 3.52. The van der Waals surface area contributed by atoms with Crippen molar-refractivity contribution < 1.29 is 9.64 Å². The van der Waals surface area contributed by atoms with E-state index in [1.54, 1.807) is 4.90 Å². The van der Waals surface area contributed by atoms with Gasteiger partial charge in [0.1, 0.15) is 18.0 Å². The number of benzene rings is 3. The predicted molar refractivity (Wildman–Crippen MR) is 122 cm³/mol. The van der Waals surface area contributed by atoms with E-state index in [2.05, 4.69) is 40.5 Å². The van der Waals surface area contributed by atoms with Gasteiger partial charge >= 0.3 is 0 Å². The minimum atomic E-state index is 0.792. The summed E-state index contributed by atoms with van der Waals surface area (Å²) in [5, 5.41) is 4.15. The lowest BCUT2D eigenvalue weighted by molar-refractivity contribution is -0.917. The smallest absolute Gasteiger partial charge is 0.173 e. The van der Waals surface area contributed by atoms with Gasteiger partial charge < -0.3 is 19.9 Å². The third-order valence-electron chi connectivity index (χ3n) is 5.14. The van der Waals surface area contributed by atoms with Crippen molar-refractivity contribution in [2.45, 2.75) is 6.54 Å². The second kappa shape index (κ2) is 9.54. The molecule has 0 radical (unpaired) electrons. The van der Waals surface area contributed by atoms with Crippen LogP contribution in [0.15, 0.2) is 84.9 Å². The van der Waals surface area contributed by atoms with Crippen molar-refractivity contribution in [1.29, 1.82) is 0 Å². The number of quaternary nitrogens is 1. The highest BCUT2D eigenvalue weighted by Crippen LogP contribution is 2.22. The molecular weight excluding hydrogens is 378 g/mol. The van der Waals surface area contributed by atoms with Gasteiger partial charge in [0.05, 0.1) is 26.2 Å². The van der Waals surface area contributed by atoms with Crippen LogP contribution < -0.4 is 15.0 Å². The molecular formula is C24H26N3OS+. The van der Waals surface area contributed by atoms with Gasteiger partial charge in [-0.2, -0.15) is 0 Å². The normalized spacial score (nSPS) is 14.4. The van der Waals surface area contributed by atoms with Gasteiger partial charge in [0, 0.05) is 11.3 Å². The number of rotatable bonds is 5. The highest BCUT2D eigenvalue weighted by Gasteiger charge is 2.21. The van der Waals surface area contributed by atoms with E-state index in [4.69, 9.17) is 17.0 Å². The first-order valence-corrected chi connectivity index (χ1v) is 10.4. The van der Waals surface area contributed by atoms with E-state index in [-0.39, 0.29) is 0 Å². The summed E-state index contributed by atoms with van der Waals surface area (Å²) in [7, 11) is 0. The second-order valence-corrected chi connectivity index (χ2v) is 7.66. The standard InChI is InChI=1S/C24H25N3OS/c29-24(27-17-15-26(16-18-27)19-20-7-3-1-4-8-20)25-21-11-13-23(14-12-21)28-22-9-5-2-6-10-22/h1-14H,15-19H2,(H,25,29)/p+1. The monoisotopic (exact) mass is 404 g/mol. The van der Waals surface area contributed by atoms with E-state index < -0.39 is 0 Å². The maximum Gasteiger partial charge on any atom is 0.173 e. The van der Waals surface area contributed by atoms with Gasteiger partial charge in [-0.3, -0.25) is 0 Å². The zero-order valence-corrected chi connectivity index (χ0v) is 17.2. The number of para-hydroxylation sites is 1. The molecule has 4 rings (SSSR count). The zero-order valence-electron chi connectivity index (χ0n) is 16.4. The summed E-state index contributed by atoms with van der Waals surface area (Å²) < 4.78 is 5.84. The molecule has 0 unspecified atom stereocenters. The fourth-order valence-corrected chi connectivity index (χ4v) is 3.82. The minimum Gasteiger partial charge on any atom is -0.457 e. The highest BCUT2D eigenvalue weighted by molar-refractivity contribution is 7.80. The van der Waals surface area contributed by atoms with Crippen LogP contribution in [-0.4, -0.2) is 36.2 Å². The molecule has 1 aliphatic heterocycles. The van der Waals surface area contributed by atoms with Gasteiger partial charge in [-0.1, -0.05) is 48.5 Å². The van der Waals surface area contributed by atoms with Crippen molar-refractivity contribution in [2.24, 2.45) is 0 Å². The Balaban J connectivity index is 1.25. The number of hydrogen-bond donors (Lipinski definition) is 2. The number of thiocarbonyl (C=S) groups is 1. The molecule has 1 saturated heterocycles. The molecule has 1 fully saturated rings. The average Bonchev–Trinajstić information content (AvgIpc) is 2.77.